The fraction of sp³-hybridized carbons (Fsp3) is 0.176. The van der Waals surface area contributed by atoms with Crippen LogP contribution >= 0.6 is 11.3 Å². The number of aromatic nitrogens is 1. The summed E-state index contributed by atoms with van der Waals surface area (Å²) >= 11 is 0.932. The van der Waals surface area contributed by atoms with Gasteiger partial charge < -0.3 is 4.57 Å². The summed E-state index contributed by atoms with van der Waals surface area (Å²) in [5.41, 5.74) is 1.23. The summed E-state index contributed by atoms with van der Waals surface area (Å²) in [6.45, 7) is 0. The Morgan fingerprint density at radius 1 is 1.23 bits per heavy atom. The Kier molecular flexibility index (Phi) is 4.92. The number of amides is 1. The quantitative estimate of drug-likeness (QED) is 0.719. The minimum atomic E-state index is -4.05. The Hall–Kier alpha value is -2.52. The van der Waals surface area contributed by atoms with E-state index in [1.165, 1.54) is 41.0 Å². The molecule has 6 nitrogen and oxygen atoms in total. The molecular weight excluding hydrogens is 379 g/mol. The molecule has 0 spiro atoms. The molecule has 0 saturated carbocycles. The van der Waals surface area contributed by atoms with E-state index >= 15 is 0 Å². The van der Waals surface area contributed by atoms with Gasteiger partial charge in [0.2, 0.25) is 5.91 Å². The predicted octanol–water partition coefficient (Wildman–Crippen LogP) is 2.18. The van der Waals surface area contributed by atoms with Crippen LogP contribution in [0.2, 0.25) is 0 Å². The Balaban J connectivity index is 1.73. The highest BCUT2D eigenvalue weighted by molar-refractivity contribution is 7.90. The summed E-state index contributed by atoms with van der Waals surface area (Å²) in [4.78, 5) is 23.3. The van der Waals surface area contributed by atoms with Gasteiger partial charge in [0.15, 0.2) is 0 Å². The largest absolute Gasteiger partial charge is 0.307 e. The highest BCUT2D eigenvalue weighted by Crippen LogP contribution is 2.21. The van der Waals surface area contributed by atoms with Gasteiger partial charge in [0.25, 0.3) is 10.0 Å². The second kappa shape index (κ2) is 7.00. The summed E-state index contributed by atoms with van der Waals surface area (Å²) < 4.78 is 41.8. The lowest BCUT2D eigenvalue weighted by Gasteiger charge is -2.07. The molecule has 0 aliphatic carbocycles. The SMILES string of the molecule is Cn1c(=O)sc2cc(S(=O)(=O)NC(=O)CCc3cccc(F)c3)ccc21. The third kappa shape index (κ3) is 3.83. The van der Waals surface area contributed by atoms with Crippen LogP contribution in [0, 0.1) is 5.82 Å². The summed E-state index contributed by atoms with van der Waals surface area (Å²) in [5, 5.41) is 0. The number of carbonyl (C=O) groups is 1. The monoisotopic (exact) mass is 394 g/mol. The zero-order chi connectivity index (χ0) is 18.9. The molecule has 1 aromatic heterocycles. The van der Waals surface area contributed by atoms with Gasteiger partial charge in [0.1, 0.15) is 5.82 Å². The zero-order valence-electron chi connectivity index (χ0n) is 13.7. The van der Waals surface area contributed by atoms with Crippen molar-refractivity contribution >= 4 is 37.5 Å². The minimum Gasteiger partial charge on any atom is -0.302 e. The first-order chi connectivity index (χ1) is 12.3. The van der Waals surface area contributed by atoms with Crippen LogP contribution in [-0.2, 0) is 28.3 Å². The molecule has 0 aliphatic rings. The average molecular weight is 394 g/mol. The van der Waals surface area contributed by atoms with E-state index in [1.807, 2.05) is 4.72 Å². The van der Waals surface area contributed by atoms with Gasteiger partial charge in [0.05, 0.1) is 15.1 Å². The molecule has 1 heterocycles. The number of carbonyl (C=O) groups excluding carboxylic acids is 1. The molecule has 0 saturated heterocycles. The van der Waals surface area contributed by atoms with Crippen molar-refractivity contribution in [3.05, 3.63) is 63.5 Å². The van der Waals surface area contributed by atoms with Gasteiger partial charge in [-0.1, -0.05) is 23.5 Å². The van der Waals surface area contributed by atoms with Crippen molar-refractivity contribution in [2.75, 3.05) is 0 Å². The Labute approximate surface area is 152 Å². The van der Waals surface area contributed by atoms with Crippen LogP contribution in [-0.4, -0.2) is 18.9 Å². The van der Waals surface area contributed by atoms with Crippen LogP contribution in [0.25, 0.3) is 10.2 Å². The van der Waals surface area contributed by atoms with Gasteiger partial charge in [0, 0.05) is 13.5 Å². The van der Waals surface area contributed by atoms with Crippen molar-refractivity contribution in [2.45, 2.75) is 17.7 Å². The number of thiazole rings is 1. The second-order valence-corrected chi connectivity index (χ2v) is 8.39. The van der Waals surface area contributed by atoms with Crippen LogP contribution in [0.15, 0.2) is 52.2 Å². The summed E-state index contributed by atoms with van der Waals surface area (Å²) in [6.07, 6.45) is 0.127. The van der Waals surface area contributed by atoms with Crippen LogP contribution in [0.3, 0.4) is 0 Å². The molecule has 3 aromatic rings. The lowest BCUT2D eigenvalue weighted by Crippen LogP contribution is -2.30. The first-order valence-electron chi connectivity index (χ1n) is 7.66. The molecule has 2 aromatic carbocycles. The van der Waals surface area contributed by atoms with Gasteiger partial charge >= 0.3 is 4.87 Å². The molecule has 0 fully saturated rings. The maximum absolute atomic E-state index is 13.1. The van der Waals surface area contributed by atoms with Gasteiger partial charge in [-0.2, -0.15) is 0 Å². The first-order valence-corrected chi connectivity index (χ1v) is 9.96. The number of halogens is 1. The number of benzene rings is 2. The van der Waals surface area contributed by atoms with E-state index in [-0.39, 0.29) is 22.6 Å². The first kappa shape index (κ1) is 18.3. The topological polar surface area (TPSA) is 85.2 Å². The van der Waals surface area contributed by atoms with E-state index in [4.69, 9.17) is 0 Å². The number of hydrogen-bond donors (Lipinski definition) is 1. The minimum absolute atomic E-state index is 0.0917. The van der Waals surface area contributed by atoms with E-state index in [1.54, 1.807) is 13.1 Å². The van der Waals surface area contributed by atoms with Gasteiger partial charge in [-0.15, -0.1) is 0 Å². The van der Waals surface area contributed by atoms with E-state index < -0.39 is 21.7 Å². The second-order valence-electron chi connectivity index (χ2n) is 5.72. The van der Waals surface area contributed by atoms with Gasteiger partial charge in [-0.3, -0.25) is 9.59 Å². The van der Waals surface area contributed by atoms with E-state index in [2.05, 4.69) is 0 Å². The zero-order valence-corrected chi connectivity index (χ0v) is 15.4. The molecular formula is C17H15FN2O4S2. The Morgan fingerprint density at radius 3 is 2.73 bits per heavy atom. The van der Waals surface area contributed by atoms with Crippen LogP contribution in [0.1, 0.15) is 12.0 Å². The van der Waals surface area contributed by atoms with Crippen LogP contribution < -0.4 is 9.60 Å². The molecule has 0 atom stereocenters. The molecule has 136 valence electrons. The van der Waals surface area contributed by atoms with Crippen molar-refractivity contribution in [3.8, 4) is 0 Å². The molecule has 1 amide bonds. The third-order valence-corrected chi connectivity index (χ3v) is 6.22. The molecule has 0 bridgehead atoms. The van der Waals surface area contributed by atoms with E-state index in [9.17, 15) is 22.4 Å². The molecule has 0 unspecified atom stereocenters. The number of rotatable bonds is 5. The normalized spacial score (nSPS) is 11.6. The molecule has 0 radical (unpaired) electrons. The van der Waals surface area contributed by atoms with Crippen molar-refractivity contribution in [3.63, 3.8) is 0 Å². The fourth-order valence-corrected chi connectivity index (χ4v) is 4.52. The molecule has 0 aliphatic heterocycles. The summed E-state index contributed by atoms with van der Waals surface area (Å²) in [7, 11) is -2.44. The smallest absolute Gasteiger partial charge is 0.302 e. The summed E-state index contributed by atoms with van der Waals surface area (Å²) in [5.74, 6) is -1.10. The van der Waals surface area contributed by atoms with Crippen molar-refractivity contribution in [1.82, 2.24) is 9.29 Å². The molecule has 9 heteroatoms. The van der Waals surface area contributed by atoms with Crippen LogP contribution in [0.4, 0.5) is 4.39 Å². The van der Waals surface area contributed by atoms with Crippen molar-refractivity contribution in [2.24, 2.45) is 7.05 Å². The Morgan fingerprint density at radius 2 is 2.00 bits per heavy atom. The number of fused-ring (bicyclic) bond motifs is 1. The molecule has 3 rings (SSSR count). The summed E-state index contributed by atoms with van der Waals surface area (Å²) in [6, 6.07) is 10.0. The number of nitrogens with zero attached hydrogens (tertiary/aromatic N) is 1. The highest BCUT2D eigenvalue weighted by atomic mass is 32.2. The van der Waals surface area contributed by atoms with E-state index in [0.717, 1.165) is 11.3 Å². The number of sulfonamides is 1. The van der Waals surface area contributed by atoms with Gasteiger partial charge in [-0.05, 0) is 42.3 Å². The lowest BCUT2D eigenvalue weighted by atomic mass is 10.1. The van der Waals surface area contributed by atoms with Crippen LogP contribution in [0.5, 0.6) is 0 Å². The lowest BCUT2D eigenvalue weighted by molar-refractivity contribution is -0.119. The van der Waals surface area contributed by atoms with Crippen molar-refractivity contribution in [1.29, 1.82) is 0 Å². The molecule has 26 heavy (non-hydrogen) atoms. The fourth-order valence-electron chi connectivity index (χ4n) is 2.49. The number of hydrogen-bond acceptors (Lipinski definition) is 5. The number of aryl methyl sites for hydroxylation is 2. The highest BCUT2D eigenvalue weighted by Gasteiger charge is 2.19. The maximum atomic E-state index is 13.1. The molecule has 1 N–H and O–H groups in total. The predicted molar refractivity (Wildman–Crippen MR) is 97.1 cm³/mol. The van der Waals surface area contributed by atoms with Crippen molar-refractivity contribution < 1.29 is 17.6 Å². The standard InChI is InChI=1S/C17H15FN2O4S2/c1-20-14-7-6-13(10-15(14)25-17(20)22)26(23,24)19-16(21)8-5-11-3-2-4-12(18)9-11/h2-4,6-7,9-10H,5,8H2,1H3,(H,19,21). The number of nitrogens with one attached hydrogen (secondary N) is 1. The third-order valence-electron chi connectivity index (χ3n) is 3.85. The van der Waals surface area contributed by atoms with Gasteiger partial charge in [-0.25, -0.2) is 17.5 Å². The average Bonchev–Trinajstić information content (AvgIpc) is 2.87. The Bertz CT molecular complexity index is 1150. The van der Waals surface area contributed by atoms with E-state index in [0.29, 0.717) is 15.8 Å². The maximum Gasteiger partial charge on any atom is 0.307 e.